The zero-order valence-electron chi connectivity index (χ0n) is 11.3. The summed E-state index contributed by atoms with van der Waals surface area (Å²) in [5.74, 6) is 0.0313. The van der Waals surface area contributed by atoms with E-state index in [0.717, 1.165) is 32.6 Å². The third-order valence-electron chi connectivity index (χ3n) is 4.13. The molecule has 2 aliphatic heterocycles. The second kappa shape index (κ2) is 5.69. The van der Waals surface area contributed by atoms with E-state index >= 15 is 0 Å². The van der Waals surface area contributed by atoms with E-state index in [4.69, 9.17) is 0 Å². The van der Waals surface area contributed by atoms with Crippen LogP contribution >= 0.6 is 0 Å². The lowest BCUT2D eigenvalue weighted by Crippen LogP contribution is -2.40. The predicted octanol–water partition coefficient (Wildman–Crippen LogP) is 0.0652. The van der Waals surface area contributed by atoms with Crippen LogP contribution in [-0.2, 0) is 9.59 Å². The summed E-state index contributed by atoms with van der Waals surface area (Å²) >= 11 is 0. The van der Waals surface area contributed by atoms with Gasteiger partial charge in [0.05, 0.1) is 5.92 Å². The van der Waals surface area contributed by atoms with Gasteiger partial charge in [-0.3, -0.25) is 14.5 Å². The second-order valence-electron chi connectivity index (χ2n) is 5.15. The highest BCUT2D eigenvalue weighted by Crippen LogP contribution is 2.20. The van der Waals surface area contributed by atoms with E-state index in [0.29, 0.717) is 19.0 Å². The lowest BCUT2D eigenvalue weighted by Gasteiger charge is -2.26. The molecule has 2 amide bonds. The van der Waals surface area contributed by atoms with E-state index in [9.17, 15) is 9.59 Å². The van der Waals surface area contributed by atoms with Crippen molar-refractivity contribution in [1.29, 1.82) is 0 Å². The molecule has 0 bridgehead atoms. The fourth-order valence-electron chi connectivity index (χ4n) is 3.02. The molecule has 2 unspecified atom stereocenters. The van der Waals surface area contributed by atoms with Gasteiger partial charge in [0.2, 0.25) is 11.8 Å². The van der Waals surface area contributed by atoms with Crippen LogP contribution in [0.5, 0.6) is 0 Å². The first-order valence-corrected chi connectivity index (χ1v) is 6.95. The van der Waals surface area contributed by atoms with E-state index in [1.54, 1.807) is 0 Å². The molecule has 2 aliphatic rings. The smallest absolute Gasteiger partial charge is 0.228 e. The molecule has 2 fully saturated rings. The molecule has 2 atom stereocenters. The van der Waals surface area contributed by atoms with Gasteiger partial charge in [0, 0.05) is 32.1 Å². The highest BCUT2D eigenvalue weighted by molar-refractivity contribution is 5.89. The summed E-state index contributed by atoms with van der Waals surface area (Å²) in [4.78, 5) is 27.7. The Morgan fingerprint density at radius 1 is 1.44 bits per heavy atom. The first-order valence-electron chi connectivity index (χ1n) is 6.95. The molecule has 0 radical (unpaired) electrons. The maximum absolute atomic E-state index is 12.3. The highest BCUT2D eigenvalue weighted by atomic mass is 16.2. The summed E-state index contributed by atoms with van der Waals surface area (Å²) in [6.07, 6.45) is 1.42. The summed E-state index contributed by atoms with van der Waals surface area (Å²) in [6.45, 7) is 8.57. The molecule has 0 aromatic rings. The van der Waals surface area contributed by atoms with Crippen LogP contribution in [0.4, 0.5) is 0 Å². The van der Waals surface area contributed by atoms with Crippen molar-refractivity contribution in [2.45, 2.75) is 32.7 Å². The third-order valence-corrected chi connectivity index (χ3v) is 4.13. The van der Waals surface area contributed by atoms with Gasteiger partial charge in [0.1, 0.15) is 0 Å². The van der Waals surface area contributed by atoms with Crippen molar-refractivity contribution in [1.82, 2.24) is 15.1 Å². The van der Waals surface area contributed by atoms with Crippen molar-refractivity contribution in [2.24, 2.45) is 5.92 Å². The minimum absolute atomic E-state index is 0.00726. The van der Waals surface area contributed by atoms with Crippen molar-refractivity contribution in [3.63, 3.8) is 0 Å². The molecule has 5 heteroatoms. The number of nitrogens with zero attached hydrogens (tertiary/aromatic N) is 2. The zero-order chi connectivity index (χ0) is 13.1. The minimum Gasteiger partial charge on any atom is -0.355 e. The summed E-state index contributed by atoms with van der Waals surface area (Å²) in [5, 5.41) is 2.73. The van der Waals surface area contributed by atoms with Gasteiger partial charge in [0.15, 0.2) is 0 Å². The number of hydrogen-bond donors (Lipinski definition) is 1. The van der Waals surface area contributed by atoms with Crippen LogP contribution in [0, 0.1) is 5.92 Å². The normalized spacial score (nSPS) is 27.9. The molecule has 0 saturated carbocycles. The first kappa shape index (κ1) is 13.3. The van der Waals surface area contributed by atoms with Crippen LogP contribution in [-0.4, -0.2) is 60.4 Å². The lowest BCUT2D eigenvalue weighted by molar-refractivity contribution is -0.135. The average Bonchev–Trinajstić information content (AvgIpc) is 2.99. The van der Waals surface area contributed by atoms with Crippen molar-refractivity contribution in [3.05, 3.63) is 0 Å². The molecule has 0 aliphatic carbocycles. The number of nitrogens with one attached hydrogen (secondary N) is 1. The lowest BCUT2D eigenvalue weighted by atomic mass is 10.1. The molecule has 2 saturated heterocycles. The molecule has 18 heavy (non-hydrogen) atoms. The Bertz CT molecular complexity index is 328. The Hall–Kier alpha value is -1.10. The van der Waals surface area contributed by atoms with Crippen LogP contribution in [0.2, 0.25) is 0 Å². The largest absolute Gasteiger partial charge is 0.355 e. The molecule has 2 heterocycles. The third kappa shape index (κ3) is 2.66. The average molecular weight is 253 g/mol. The second-order valence-corrected chi connectivity index (χ2v) is 5.15. The van der Waals surface area contributed by atoms with Crippen LogP contribution in [0.1, 0.15) is 26.7 Å². The van der Waals surface area contributed by atoms with Gasteiger partial charge in [0.25, 0.3) is 0 Å². The maximum atomic E-state index is 12.3. The van der Waals surface area contributed by atoms with Crippen LogP contribution in [0.15, 0.2) is 0 Å². The number of likely N-dealkylation sites (tertiary alicyclic amines) is 1. The zero-order valence-corrected chi connectivity index (χ0v) is 11.3. The fourth-order valence-corrected chi connectivity index (χ4v) is 3.02. The quantitative estimate of drug-likeness (QED) is 0.771. The molecule has 102 valence electrons. The van der Waals surface area contributed by atoms with E-state index in [1.807, 2.05) is 4.90 Å². The summed E-state index contributed by atoms with van der Waals surface area (Å²) in [6, 6.07) is 0.494. The summed E-state index contributed by atoms with van der Waals surface area (Å²) in [5.41, 5.74) is 0. The standard InChI is InChI=1S/C13H23N3O2/c1-3-15(4-2)11-5-6-16(9-11)13(18)10-7-12(17)14-8-10/h10-11H,3-9H2,1-2H3,(H,14,17). The van der Waals surface area contributed by atoms with Gasteiger partial charge in [-0.15, -0.1) is 0 Å². The monoisotopic (exact) mass is 253 g/mol. The Kier molecular flexibility index (Phi) is 4.22. The molecule has 5 nitrogen and oxygen atoms in total. The first-order chi connectivity index (χ1) is 8.65. The highest BCUT2D eigenvalue weighted by Gasteiger charge is 2.35. The molecular formula is C13H23N3O2. The number of likely N-dealkylation sites (N-methyl/N-ethyl adjacent to an activating group) is 1. The summed E-state index contributed by atoms with van der Waals surface area (Å²) in [7, 11) is 0. The molecule has 0 aromatic carbocycles. The number of carbonyl (C=O) groups excluding carboxylic acids is 2. The van der Waals surface area contributed by atoms with Gasteiger partial charge < -0.3 is 10.2 Å². The Morgan fingerprint density at radius 2 is 2.17 bits per heavy atom. The molecule has 0 aromatic heterocycles. The van der Waals surface area contributed by atoms with Crippen molar-refractivity contribution in [3.8, 4) is 0 Å². The van der Waals surface area contributed by atoms with Crippen LogP contribution in [0.25, 0.3) is 0 Å². The van der Waals surface area contributed by atoms with Gasteiger partial charge in [-0.1, -0.05) is 13.8 Å². The summed E-state index contributed by atoms with van der Waals surface area (Å²) < 4.78 is 0. The number of amides is 2. The van der Waals surface area contributed by atoms with Crippen molar-refractivity contribution in [2.75, 3.05) is 32.7 Å². The number of carbonyl (C=O) groups is 2. The SMILES string of the molecule is CCN(CC)C1CCN(C(=O)C2CNC(=O)C2)C1. The Morgan fingerprint density at radius 3 is 2.72 bits per heavy atom. The number of rotatable bonds is 4. The molecule has 2 rings (SSSR count). The van der Waals surface area contributed by atoms with E-state index in [-0.39, 0.29) is 17.7 Å². The predicted molar refractivity (Wildman–Crippen MR) is 69.0 cm³/mol. The van der Waals surface area contributed by atoms with Gasteiger partial charge >= 0.3 is 0 Å². The Labute approximate surface area is 108 Å². The van der Waals surface area contributed by atoms with Gasteiger partial charge in [-0.25, -0.2) is 0 Å². The van der Waals surface area contributed by atoms with E-state index in [1.165, 1.54) is 0 Å². The van der Waals surface area contributed by atoms with Crippen molar-refractivity contribution < 1.29 is 9.59 Å². The van der Waals surface area contributed by atoms with Crippen LogP contribution < -0.4 is 5.32 Å². The van der Waals surface area contributed by atoms with E-state index < -0.39 is 0 Å². The fraction of sp³-hybridized carbons (Fsp3) is 0.846. The maximum Gasteiger partial charge on any atom is 0.228 e. The van der Waals surface area contributed by atoms with Gasteiger partial charge in [-0.05, 0) is 19.5 Å². The van der Waals surface area contributed by atoms with E-state index in [2.05, 4.69) is 24.1 Å². The molecular weight excluding hydrogens is 230 g/mol. The van der Waals surface area contributed by atoms with Gasteiger partial charge in [-0.2, -0.15) is 0 Å². The van der Waals surface area contributed by atoms with Crippen molar-refractivity contribution >= 4 is 11.8 Å². The van der Waals surface area contributed by atoms with Crippen LogP contribution in [0.3, 0.4) is 0 Å². The molecule has 1 N–H and O–H groups in total. The molecule has 0 spiro atoms. The number of hydrogen-bond acceptors (Lipinski definition) is 3. The topological polar surface area (TPSA) is 52.6 Å². The minimum atomic E-state index is -0.132. The Balaban J connectivity index is 1.88.